The van der Waals surface area contributed by atoms with Crippen molar-refractivity contribution in [1.29, 1.82) is 0 Å². The maximum atomic E-state index is 14.6. The van der Waals surface area contributed by atoms with Crippen molar-refractivity contribution in [3.8, 4) is 5.75 Å². The Morgan fingerprint density at radius 2 is 1.81 bits per heavy atom. The zero-order valence-corrected chi connectivity index (χ0v) is 26.5. The van der Waals surface area contributed by atoms with Gasteiger partial charge < -0.3 is 29.3 Å². The second kappa shape index (κ2) is 13.2. The number of hydrogen-bond acceptors (Lipinski definition) is 6. The minimum atomic E-state index is -1.17. The Hall–Kier alpha value is -3.17. The number of nitrogens with zero attached hydrogens (tertiary/aromatic N) is 3. The number of hydrogen-bond donors (Lipinski definition) is 1. The van der Waals surface area contributed by atoms with Crippen LogP contribution < -0.4 is 9.64 Å². The molecule has 3 amide bonds. The van der Waals surface area contributed by atoms with Crippen LogP contribution in [-0.2, 0) is 19.1 Å². The van der Waals surface area contributed by atoms with E-state index in [2.05, 4.69) is 20.1 Å². The number of fused-ring (bicyclic) bond motifs is 1. The molecule has 7 atom stereocenters. The molecule has 1 spiro atoms. The molecule has 3 saturated heterocycles. The summed E-state index contributed by atoms with van der Waals surface area (Å²) < 4.78 is 12.4. The zero-order valence-electron chi connectivity index (χ0n) is 26.5. The summed E-state index contributed by atoms with van der Waals surface area (Å²) in [5.74, 6) is -1.71. The number of carbonyl (C=O) groups is 3. The van der Waals surface area contributed by atoms with Gasteiger partial charge >= 0.3 is 0 Å². The SMILES string of the molecule is C=CCN(C(=O)[C@H]1[C@H]2C(=O)N([C@@H](CC)CO)C(C(=O)N(CC=C)C(C)CCC)C23CC[C@]1(C)O3)c1ccc(OCC)cc1. The van der Waals surface area contributed by atoms with Crippen LogP contribution in [0.25, 0.3) is 0 Å². The van der Waals surface area contributed by atoms with Gasteiger partial charge in [0.25, 0.3) is 0 Å². The maximum absolute atomic E-state index is 14.6. The van der Waals surface area contributed by atoms with E-state index in [1.807, 2.05) is 52.0 Å². The lowest BCUT2D eigenvalue weighted by molar-refractivity contribution is -0.156. The van der Waals surface area contributed by atoms with Crippen molar-refractivity contribution in [2.75, 3.05) is 31.2 Å². The van der Waals surface area contributed by atoms with Crippen LogP contribution in [-0.4, -0.2) is 88.3 Å². The molecule has 3 heterocycles. The first-order valence-corrected chi connectivity index (χ1v) is 15.8. The molecule has 9 heteroatoms. The first-order valence-electron chi connectivity index (χ1n) is 15.8. The molecule has 1 N–H and O–H groups in total. The second-order valence-corrected chi connectivity index (χ2v) is 12.3. The van der Waals surface area contributed by atoms with Crippen molar-refractivity contribution in [3.05, 3.63) is 49.6 Å². The average Bonchev–Trinajstić information content (AvgIpc) is 3.56. The fourth-order valence-corrected chi connectivity index (χ4v) is 7.69. The van der Waals surface area contributed by atoms with Gasteiger partial charge in [0, 0.05) is 24.8 Å². The van der Waals surface area contributed by atoms with E-state index in [1.54, 1.807) is 26.9 Å². The molecule has 3 unspecified atom stereocenters. The molecule has 1 aromatic carbocycles. The van der Waals surface area contributed by atoms with Gasteiger partial charge in [-0.25, -0.2) is 0 Å². The van der Waals surface area contributed by atoms with Gasteiger partial charge in [-0.2, -0.15) is 0 Å². The Labute approximate surface area is 256 Å². The number of anilines is 1. The molecule has 0 aromatic heterocycles. The molecule has 236 valence electrons. The molecule has 43 heavy (non-hydrogen) atoms. The standard InChI is InChI=1S/C34H49N3O6/c1-8-13-23(6)35(20-9-2)32(41)29-34-19-18-33(7,43-34)27(28(34)31(40)37(29)24(11-4)22-38)30(39)36(21-10-3)25-14-16-26(17-15-25)42-12-5/h9-10,14-17,23-24,27-29,38H,2-3,8,11-13,18-22H2,1,4-7H3/t23?,24-,27+,28-,29?,33-,34?/m0/s1. The van der Waals surface area contributed by atoms with Gasteiger partial charge in [0.1, 0.15) is 17.4 Å². The monoisotopic (exact) mass is 595 g/mol. The number of amides is 3. The predicted octanol–water partition coefficient (Wildman–Crippen LogP) is 4.34. The quantitative estimate of drug-likeness (QED) is 0.303. The Morgan fingerprint density at radius 1 is 1.14 bits per heavy atom. The number of likely N-dealkylation sites (tertiary alicyclic amines) is 1. The van der Waals surface area contributed by atoms with E-state index in [9.17, 15) is 19.5 Å². The zero-order chi connectivity index (χ0) is 31.5. The maximum Gasteiger partial charge on any atom is 0.248 e. The lowest BCUT2D eigenvalue weighted by Gasteiger charge is -2.41. The van der Waals surface area contributed by atoms with Crippen molar-refractivity contribution in [1.82, 2.24) is 9.80 Å². The fourth-order valence-electron chi connectivity index (χ4n) is 7.69. The van der Waals surface area contributed by atoms with E-state index in [0.29, 0.717) is 43.9 Å². The van der Waals surface area contributed by atoms with Crippen molar-refractivity contribution < 1.29 is 29.0 Å². The third kappa shape index (κ3) is 5.50. The van der Waals surface area contributed by atoms with Crippen molar-refractivity contribution in [2.45, 2.75) is 96.1 Å². The summed E-state index contributed by atoms with van der Waals surface area (Å²) in [4.78, 5) is 48.7. The minimum Gasteiger partial charge on any atom is -0.494 e. The normalized spacial score (nSPS) is 28.7. The highest BCUT2D eigenvalue weighted by Crippen LogP contribution is 2.64. The van der Waals surface area contributed by atoms with E-state index in [0.717, 1.165) is 12.8 Å². The van der Waals surface area contributed by atoms with Gasteiger partial charge in [0.15, 0.2) is 0 Å². The summed E-state index contributed by atoms with van der Waals surface area (Å²) in [6.07, 6.45) is 6.54. The molecule has 0 radical (unpaired) electrons. The van der Waals surface area contributed by atoms with E-state index in [-0.39, 0.29) is 36.9 Å². The summed E-state index contributed by atoms with van der Waals surface area (Å²) in [6.45, 7) is 18.4. The molecule has 9 nitrogen and oxygen atoms in total. The molecule has 3 aliphatic rings. The smallest absolute Gasteiger partial charge is 0.248 e. The summed E-state index contributed by atoms with van der Waals surface area (Å²) in [5, 5.41) is 10.4. The highest BCUT2D eigenvalue weighted by molar-refractivity contribution is 6.03. The minimum absolute atomic E-state index is 0.0773. The van der Waals surface area contributed by atoms with E-state index < -0.39 is 35.1 Å². The molecule has 4 rings (SSSR count). The summed E-state index contributed by atoms with van der Waals surface area (Å²) in [6, 6.07) is 5.70. The fraction of sp³-hybridized carbons (Fsp3) is 0.618. The van der Waals surface area contributed by atoms with Crippen LogP contribution in [0.3, 0.4) is 0 Å². The highest BCUT2D eigenvalue weighted by Gasteiger charge is 2.79. The first kappa shape index (κ1) is 32.7. The van der Waals surface area contributed by atoms with Crippen molar-refractivity contribution in [2.24, 2.45) is 11.8 Å². The van der Waals surface area contributed by atoms with Gasteiger partial charge in [0.05, 0.1) is 36.7 Å². The number of carbonyl (C=O) groups excluding carboxylic acids is 3. The molecule has 1 aromatic rings. The molecular weight excluding hydrogens is 546 g/mol. The van der Waals surface area contributed by atoms with Crippen molar-refractivity contribution >= 4 is 23.4 Å². The van der Waals surface area contributed by atoms with Gasteiger partial charge in [0.2, 0.25) is 17.7 Å². The largest absolute Gasteiger partial charge is 0.494 e. The highest BCUT2D eigenvalue weighted by atomic mass is 16.5. The Balaban J connectivity index is 1.80. The lowest BCUT2D eigenvalue weighted by Crippen LogP contribution is -2.60. The third-order valence-corrected chi connectivity index (χ3v) is 9.67. The van der Waals surface area contributed by atoms with Crippen molar-refractivity contribution in [3.63, 3.8) is 0 Å². The number of rotatable bonds is 15. The topological polar surface area (TPSA) is 99.6 Å². The lowest BCUT2D eigenvalue weighted by atomic mass is 9.66. The Kier molecular flexibility index (Phi) is 10.1. The Morgan fingerprint density at radius 3 is 2.37 bits per heavy atom. The van der Waals surface area contributed by atoms with Gasteiger partial charge in [-0.05, 0) is 70.7 Å². The van der Waals surface area contributed by atoms with Crippen LogP contribution >= 0.6 is 0 Å². The van der Waals surface area contributed by atoms with Crippen LogP contribution in [0, 0.1) is 11.8 Å². The molecule has 2 bridgehead atoms. The first-order chi connectivity index (χ1) is 20.6. The Bertz CT molecular complexity index is 1200. The molecule has 3 fully saturated rings. The van der Waals surface area contributed by atoms with Gasteiger partial charge in [-0.15, -0.1) is 13.2 Å². The van der Waals surface area contributed by atoms with Crippen LogP contribution in [0.1, 0.15) is 66.7 Å². The predicted molar refractivity (Wildman–Crippen MR) is 167 cm³/mol. The van der Waals surface area contributed by atoms with Gasteiger partial charge in [-0.3, -0.25) is 14.4 Å². The number of aliphatic hydroxyl groups excluding tert-OH is 1. The average molecular weight is 596 g/mol. The molecule has 0 saturated carbocycles. The van der Waals surface area contributed by atoms with Crippen LogP contribution in [0.15, 0.2) is 49.6 Å². The molecule has 3 aliphatic heterocycles. The van der Waals surface area contributed by atoms with E-state index in [1.165, 1.54) is 0 Å². The second-order valence-electron chi connectivity index (χ2n) is 12.3. The van der Waals surface area contributed by atoms with Gasteiger partial charge in [-0.1, -0.05) is 32.4 Å². The summed E-state index contributed by atoms with van der Waals surface area (Å²) in [5.41, 5.74) is -1.43. The van der Waals surface area contributed by atoms with Crippen LogP contribution in [0.2, 0.25) is 0 Å². The molecular formula is C34H49N3O6. The van der Waals surface area contributed by atoms with E-state index >= 15 is 0 Å². The summed E-state index contributed by atoms with van der Waals surface area (Å²) >= 11 is 0. The third-order valence-electron chi connectivity index (χ3n) is 9.67. The number of benzene rings is 1. The van der Waals surface area contributed by atoms with Crippen LogP contribution in [0.5, 0.6) is 5.75 Å². The molecule has 0 aliphatic carbocycles. The van der Waals surface area contributed by atoms with E-state index in [4.69, 9.17) is 9.47 Å². The number of ether oxygens (including phenoxy) is 2. The number of aliphatic hydroxyl groups is 1. The van der Waals surface area contributed by atoms with Crippen LogP contribution in [0.4, 0.5) is 5.69 Å². The summed E-state index contributed by atoms with van der Waals surface area (Å²) in [7, 11) is 0.